The Hall–Kier alpha value is -0.850. The quantitative estimate of drug-likeness (QED) is 0.689. The minimum Gasteiger partial charge on any atom is -0.368 e. The van der Waals surface area contributed by atoms with Gasteiger partial charge in [-0.15, -0.1) is 12.4 Å². The molecule has 18 heavy (non-hydrogen) atoms. The Labute approximate surface area is 113 Å². The van der Waals surface area contributed by atoms with Crippen molar-refractivity contribution in [1.82, 2.24) is 15.5 Å². The van der Waals surface area contributed by atoms with Crippen molar-refractivity contribution in [1.29, 1.82) is 0 Å². The molecule has 104 valence electrons. The highest BCUT2D eigenvalue weighted by atomic mass is 35.5. The maximum atomic E-state index is 12.4. The minimum atomic E-state index is -0.733. The highest BCUT2D eigenvalue weighted by molar-refractivity contribution is 5.90. The fraction of sp³-hybridized carbons (Fsp3) is 0.818. The molecule has 0 aromatic heterocycles. The van der Waals surface area contributed by atoms with Gasteiger partial charge >= 0.3 is 0 Å². The number of nitrogens with zero attached hydrogens (tertiary/aromatic N) is 1. The number of ether oxygens (including phenoxy) is 1. The molecule has 7 heteroatoms. The molecule has 6 nitrogen and oxygen atoms in total. The van der Waals surface area contributed by atoms with Gasteiger partial charge < -0.3 is 20.3 Å². The van der Waals surface area contributed by atoms with Crippen LogP contribution in [0.25, 0.3) is 0 Å². The number of methoxy groups -OCH3 is 1. The number of amides is 2. The summed E-state index contributed by atoms with van der Waals surface area (Å²) >= 11 is 0. The van der Waals surface area contributed by atoms with Crippen molar-refractivity contribution in [2.24, 2.45) is 0 Å². The van der Waals surface area contributed by atoms with Crippen LogP contribution < -0.4 is 10.6 Å². The van der Waals surface area contributed by atoms with Crippen molar-refractivity contribution < 1.29 is 14.3 Å². The Balaban J connectivity index is 0.00000162. The average Bonchev–Trinajstić information content (AvgIpc) is 2.38. The minimum absolute atomic E-state index is 0. The van der Waals surface area contributed by atoms with Crippen molar-refractivity contribution in [3.63, 3.8) is 0 Å². The summed E-state index contributed by atoms with van der Waals surface area (Å²) in [5, 5.41) is 5.92. The third-order valence-electron chi connectivity index (χ3n) is 3.52. The van der Waals surface area contributed by atoms with Crippen molar-refractivity contribution in [3.05, 3.63) is 0 Å². The van der Waals surface area contributed by atoms with Crippen molar-refractivity contribution in [3.8, 4) is 0 Å². The zero-order valence-electron chi connectivity index (χ0n) is 10.5. The molecule has 0 aliphatic carbocycles. The van der Waals surface area contributed by atoms with E-state index in [1.54, 1.807) is 12.0 Å². The first-order valence-electron chi connectivity index (χ1n) is 6.00. The maximum Gasteiger partial charge on any atom is 0.255 e. The first-order chi connectivity index (χ1) is 8.18. The molecule has 0 bridgehead atoms. The first kappa shape index (κ1) is 15.2. The van der Waals surface area contributed by atoms with Gasteiger partial charge in [0.15, 0.2) is 0 Å². The lowest BCUT2D eigenvalue weighted by Crippen LogP contribution is -2.59. The highest BCUT2D eigenvalue weighted by Gasteiger charge is 2.43. The van der Waals surface area contributed by atoms with Gasteiger partial charge in [0.05, 0.1) is 6.54 Å². The van der Waals surface area contributed by atoms with Crippen LogP contribution in [0.4, 0.5) is 0 Å². The van der Waals surface area contributed by atoms with Crippen LogP contribution in [0.5, 0.6) is 0 Å². The summed E-state index contributed by atoms with van der Waals surface area (Å²) < 4.78 is 5.47. The SMILES string of the molecule is COC1(C(=O)N2CCNC(=O)C2)CCNCC1.Cl. The van der Waals surface area contributed by atoms with Gasteiger partial charge in [0.1, 0.15) is 5.60 Å². The molecule has 0 radical (unpaired) electrons. The molecule has 2 fully saturated rings. The second kappa shape index (κ2) is 6.36. The number of nitrogens with one attached hydrogen (secondary N) is 2. The second-order valence-corrected chi connectivity index (χ2v) is 4.53. The number of rotatable bonds is 2. The molecule has 2 aliphatic heterocycles. The van der Waals surface area contributed by atoms with Crippen molar-refractivity contribution >= 4 is 24.2 Å². The highest BCUT2D eigenvalue weighted by Crippen LogP contribution is 2.25. The Morgan fingerprint density at radius 1 is 1.33 bits per heavy atom. The van der Waals surface area contributed by atoms with E-state index < -0.39 is 5.60 Å². The van der Waals surface area contributed by atoms with Gasteiger partial charge in [-0.1, -0.05) is 0 Å². The van der Waals surface area contributed by atoms with Gasteiger partial charge in [-0.2, -0.15) is 0 Å². The molecule has 2 heterocycles. The number of carbonyl (C=O) groups excluding carboxylic acids is 2. The zero-order valence-corrected chi connectivity index (χ0v) is 11.3. The molecule has 0 unspecified atom stereocenters. The number of halogens is 1. The lowest BCUT2D eigenvalue weighted by molar-refractivity contribution is -0.161. The van der Waals surface area contributed by atoms with Crippen LogP contribution in [0.3, 0.4) is 0 Å². The monoisotopic (exact) mass is 277 g/mol. The van der Waals surface area contributed by atoms with Crippen LogP contribution in [0.2, 0.25) is 0 Å². The lowest BCUT2D eigenvalue weighted by atomic mass is 9.90. The number of piperazine rings is 1. The molecule has 2 rings (SSSR count). The summed E-state index contributed by atoms with van der Waals surface area (Å²) in [4.78, 5) is 25.3. The van der Waals surface area contributed by atoms with Crippen LogP contribution in [0.15, 0.2) is 0 Å². The van der Waals surface area contributed by atoms with Crippen LogP contribution in [-0.4, -0.2) is 62.1 Å². The van der Waals surface area contributed by atoms with E-state index in [1.165, 1.54) is 0 Å². The Morgan fingerprint density at radius 2 is 2.00 bits per heavy atom. The van der Waals surface area contributed by atoms with Crippen molar-refractivity contribution in [2.45, 2.75) is 18.4 Å². The van der Waals surface area contributed by atoms with E-state index in [-0.39, 0.29) is 30.8 Å². The summed E-state index contributed by atoms with van der Waals surface area (Å²) in [5.74, 6) is -0.138. The van der Waals surface area contributed by atoms with Crippen molar-refractivity contribution in [2.75, 3.05) is 39.8 Å². The van der Waals surface area contributed by atoms with Gasteiger partial charge in [0.25, 0.3) is 5.91 Å². The van der Waals surface area contributed by atoms with E-state index >= 15 is 0 Å². The van der Waals surface area contributed by atoms with Crippen LogP contribution in [-0.2, 0) is 14.3 Å². The standard InChI is InChI=1S/C11H19N3O3.ClH/c1-17-11(2-4-12-5-3-11)10(16)14-7-6-13-9(15)8-14;/h12H,2-8H2,1H3,(H,13,15);1H. The molecule has 2 N–H and O–H groups in total. The van der Waals surface area contributed by atoms with E-state index in [0.717, 1.165) is 13.1 Å². The smallest absolute Gasteiger partial charge is 0.255 e. The molecule has 0 atom stereocenters. The first-order valence-corrected chi connectivity index (χ1v) is 6.00. The Bertz CT molecular complexity index is 319. The molecule has 0 aromatic carbocycles. The van der Waals surface area contributed by atoms with E-state index in [2.05, 4.69) is 10.6 Å². The second-order valence-electron chi connectivity index (χ2n) is 4.53. The van der Waals surface area contributed by atoms with Gasteiger partial charge in [0, 0.05) is 20.2 Å². The van der Waals surface area contributed by atoms with Gasteiger partial charge in [-0.05, 0) is 25.9 Å². The molecule has 0 spiro atoms. The third kappa shape index (κ3) is 2.93. The topological polar surface area (TPSA) is 70.7 Å². The molecular weight excluding hydrogens is 258 g/mol. The molecule has 0 saturated carbocycles. The normalized spacial score (nSPS) is 22.9. The number of hydrogen-bond acceptors (Lipinski definition) is 4. The third-order valence-corrected chi connectivity index (χ3v) is 3.52. The predicted molar refractivity (Wildman–Crippen MR) is 68.7 cm³/mol. The van der Waals surface area contributed by atoms with Crippen LogP contribution in [0, 0.1) is 0 Å². The maximum absolute atomic E-state index is 12.4. The van der Waals surface area contributed by atoms with Gasteiger partial charge in [-0.3, -0.25) is 9.59 Å². The Morgan fingerprint density at radius 3 is 2.56 bits per heavy atom. The van der Waals surface area contributed by atoms with E-state index in [4.69, 9.17) is 4.74 Å². The number of hydrogen-bond donors (Lipinski definition) is 2. The largest absolute Gasteiger partial charge is 0.368 e. The summed E-state index contributed by atoms with van der Waals surface area (Å²) in [7, 11) is 1.58. The lowest BCUT2D eigenvalue weighted by Gasteiger charge is -2.39. The number of carbonyl (C=O) groups is 2. The van der Waals surface area contributed by atoms with E-state index in [0.29, 0.717) is 25.9 Å². The molecule has 2 aliphatic rings. The van der Waals surface area contributed by atoms with E-state index in [9.17, 15) is 9.59 Å². The van der Waals surface area contributed by atoms with Gasteiger partial charge in [0.2, 0.25) is 5.91 Å². The predicted octanol–water partition coefficient (Wildman–Crippen LogP) is -0.865. The summed E-state index contributed by atoms with van der Waals surface area (Å²) in [6.07, 6.45) is 1.33. The molecular formula is C11H20ClN3O3. The van der Waals surface area contributed by atoms with Gasteiger partial charge in [-0.25, -0.2) is 0 Å². The molecule has 0 aromatic rings. The zero-order chi connectivity index (χ0) is 12.3. The Kier molecular flexibility index (Phi) is 5.37. The van der Waals surface area contributed by atoms with Crippen LogP contribution in [0.1, 0.15) is 12.8 Å². The summed E-state index contributed by atoms with van der Waals surface area (Å²) in [6.45, 7) is 2.81. The average molecular weight is 278 g/mol. The summed E-state index contributed by atoms with van der Waals surface area (Å²) in [6, 6.07) is 0. The van der Waals surface area contributed by atoms with Crippen LogP contribution >= 0.6 is 12.4 Å². The van der Waals surface area contributed by atoms with E-state index in [1.807, 2.05) is 0 Å². The summed E-state index contributed by atoms with van der Waals surface area (Å²) in [5.41, 5.74) is -0.733. The fourth-order valence-electron chi connectivity index (χ4n) is 2.44. The molecule has 2 saturated heterocycles. The fourth-order valence-corrected chi connectivity index (χ4v) is 2.44. The number of piperidine rings is 1. The molecule has 2 amide bonds.